The minimum Gasteiger partial charge on any atom is -0.461 e. The standard InChI is InChI=1S/C32H48N4O7/c1-19(2)25-17-27(38)36(31(25)41)16-10-8-9-11-26(37)35-28(20(3)4)30(40)33-22(7)29(39)34-24-14-12-23(13-15-24)18-43-32(42)21(5)6/h12-15,19-22,25,28H,8-11,16-18H2,1-7H3,(H,33,40)(H,34,39)(H,35,37)/t22-,25?,28-/m0/s1. The third-order valence-electron chi connectivity index (χ3n) is 7.46. The lowest BCUT2D eigenvalue weighted by atomic mass is 9.94. The summed E-state index contributed by atoms with van der Waals surface area (Å²) in [5.74, 6) is -2.23. The first kappa shape index (κ1) is 35.4. The lowest BCUT2D eigenvalue weighted by Crippen LogP contribution is -2.53. The molecule has 0 bridgehead atoms. The fourth-order valence-corrected chi connectivity index (χ4v) is 4.60. The number of hydrogen-bond acceptors (Lipinski definition) is 7. The van der Waals surface area contributed by atoms with Gasteiger partial charge in [0, 0.05) is 31.0 Å². The number of carbonyl (C=O) groups is 6. The highest BCUT2D eigenvalue weighted by atomic mass is 16.5. The van der Waals surface area contributed by atoms with Gasteiger partial charge in [-0.1, -0.05) is 60.1 Å². The number of anilines is 1. The van der Waals surface area contributed by atoms with Crippen LogP contribution in [0.3, 0.4) is 0 Å². The van der Waals surface area contributed by atoms with Crippen LogP contribution in [0, 0.1) is 23.7 Å². The van der Waals surface area contributed by atoms with E-state index in [-0.39, 0.29) is 66.8 Å². The van der Waals surface area contributed by atoms with Crippen molar-refractivity contribution in [2.75, 3.05) is 11.9 Å². The minimum absolute atomic E-state index is 0.106. The zero-order valence-corrected chi connectivity index (χ0v) is 26.5. The molecule has 0 saturated carbocycles. The molecule has 3 atom stereocenters. The molecule has 1 aliphatic rings. The minimum atomic E-state index is -0.858. The second kappa shape index (κ2) is 16.8. The van der Waals surface area contributed by atoms with Gasteiger partial charge in [0.15, 0.2) is 0 Å². The van der Waals surface area contributed by atoms with Crippen molar-refractivity contribution >= 4 is 41.2 Å². The number of nitrogens with one attached hydrogen (secondary N) is 3. The second-order valence-corrected chi connectivity index (χ2v) is 12.2. The summed E-state index contributed by atoms with van der Waals surface area (Å²) >= 11 is 0. The van der Waals surface area contributed by atoms with E-state index in [0.29, 0.717) is 31.5 Å². The van der Waals surface area contributed by atoms with E-state index >= 15 is 0 Å². The van der Waals surface area contributed by atoms with Gasteiger partial charge in [0.25, 0.3) is 0 Å². The fraction of sp³-hybridized carbons (Fsp3) is 0.625. The van der Waals surface area contributed by atoms with Crippen molar-refractivity contribution in [1.82, 2.24) is 15.5 Å². The maximum atomic E-state index is 12.9. The Morgan fingerprint density at radius 1 is 0.884 bits per heavy atom. The van der Waals surface area contributed by atoms with Gasteiger partial charge in [-0.25, -0.2) is 0 Å². The number of nitrogens with zero attached hydrogens (tertiary/aromatic N) is 1. The van der Waals surface area contributed by atoms with E-state index in [1.54, 1.807) is 45.0 Å². The first-order chi connectivity index (χ1) is 20.2. The zero-order valence-electron chi connectivity index (χ0n) is 26.5. The van der Waals surface area contributed by atoms with Gasteiger partial charge < -0.3 is 20.7 Å². The van der Waals surface area contributed by atoms with Crippen molar-refractivity contribution in [3.05, 3.63) is 29.8 Å². The van der Waals surface area contributed by atoms with Gasteiger partial charge in [-0.2, -0.15) is 0 Å². The molecule has 11 heteroatoms. The molecule has 1 heterocycles. The van der Waals surface area contributed by atoms with E-state index in [9.17, 15) is 28.8 Å². The SMILES string of the molecule is CC(C)C(=O)OCc1ccc(NC(=O)[C@H](C)NC(=O)[C@@H](NC(=O)CCCCCN2C(=O)CC(C(C)C)C2=O)C(C)C)cc1. The van der Waals surface area contributed by atoms with Gasteiger partial charge in [-0.05, 0) is 49.3 Å². The van der Waals surface area contributed by atoms with Crippen LogP contribution in [0.4, 0.5) is 5.69 Å². The maximum Gasteiger partial charge on any atom is 0.308 e. The Bertz CT molecular complexity index is 1150. The third kappa shape index (κ3) is 11.1. The summed E-state index contributed by atoms with van der Waals surface area (Å²) in [6, 6.07) is 5.18. The lowest BCUT2D eigenvalue weighted by molar-refractivity contribution is -0.148. The van der Waals surface area contributed by atoms with Gasteiger partial charge in [-0.15, -0.1) is 0 Å². The molecule has 238 valence electrons. The first-order valence-electron chi connectivity index (χ1n) is 15.2. The summed E-state index contributed by atoms with van der Waals surface area (Å²) in [6.07, 6.45) is 2.31. The molecule has 5 amide bonds. The second-order valence-electron chi connectivity index (χ2n) is 12.2. The van der Waals surface area contributed by atoms with Crippen LogP contribution in [0.1, 0.15) is 86.1 Å². The highest BCUT2D eigenvalue weighted by Gasteiger charge is 2.39. The average molecular weight is 601 g/mol. The van der Waals surface area contributed by atoms with Crippen LogP contribution >= 0.6 is 0 Å². The van der Waals surface area contributed by atoms with Gasteiger partial charge in [-0.3, -0.25) is 33.7 Å². The van der Waals surface area contributed by atoms with E-state index in [4.69, 9.17) is 4.74 Å². The molecular formula is C32H48N4O7. The molecule has 43 heavy (non-hydrogen) atoms. The van der Waals surface area contributed by atoms with Crippen LogP contribution in [0.15, 0.2) is 24.3 Å². The average Bonchev–Trinajstić information content (AvgIpc) is 3.23. The number of carbonyl (C=O) groups excluding carboxylic acids is 6. The van der Waals surface area contributed by atoms with Crippen molar-refractivity contribution in [1.29, 1.82) is 0 Å². The number of likely N-dealkylation sites (tertiary alicyclic amines) is 1. The van der Waals surface area contributed by atoms with Crippen molar-refractivity contribution in [2.45, 2.75) is 99.3 Å². The molecule has 0 aliphatic carbocycles. The summed E-state index contributed by atoms with van der Waals surface area (Å²) in [5.41, 5.74) is 1.30. The summed E-state index contributed by atoms with van der Waals surface area (Å²) in [4.78, 5) is 75.8. The molecule has 0 spiro atoms. The molecule has 1 saturated heterocycles. The van der Waals surface area contributed by atoms with Crippen LogP contribution in [-0.4, -0.2) is 59.0 Å². The van der Waals surface area contributed by atoms with Gasteiger partial charge in [0.1, 0.15) is 18.7 Å². The first-order valence-corrected chi connectivity index (χ1v) is 15.2. The number of benzene rings is 1. The predicted octanol–water partition coefficient (Wildman–Crippen LogP) is 3.56. The molecule has 1 fully saturated rings. The molecule has 1 aromatic carbocycles. The largest absolute Gasteiger partial charge is 0.461 e. The summed E-state index contributed by atoms with van der Waals surface area (Å²) in [7, 11) is 0. The molecule has 2 rings (SSSR count). The lowest BCUT2D eigenvalue weighted by Gasteiger charge is -2.24. The van der Waals surface area contributed by atoms with Gasteiger partial charge in [0.2, 0.25) is 29.5 Å². The topological polar surface area (TPSA) is 151 Å². The highest BCUT2D eigenvalue weighted by molar-refractivity contribution is 6.03. The van der Waals surface area contributed by atoms with E-state index in [1.165, 1.54) is 4.90 Å². The summed E-state index contributed by atoms with van der Waals surface area (Å²) in [6.45, 7) is 13.1. The highest BCUT2D eigenvalue weighted by Crippen LogP contribution is 2.26. The molecule has 3 N–H and O–H groups in total. The Labute approximate surface area is 254 Å². The van der Waals surface area contributed by atoms with E-state index in [2.05, 4.69) is 16.0 Å². The quantitative estimate of drug-likeness (QED) is 0.149. The van der Waals surface area contributed by atoms with Crippen LogP contribution < -0.4 is 16.0 Å². The predicted molar refractivity (Wildman–Crippen MR) is 162 cm³/mol. The Hall–Kier alpha value is -3.76. The van der Waals surface area contributed by atoms with Crippen LogP contribution in [0.5, 0.6) is 0 Å². The van der Waals surface area contributed by atoms with E-state index in [0.717, 1.165) is 5.56 Å². The van der Waals surface area contributed by atoms with Crippen LogP contribution in [0.25, 0.3) is 0 Å². The number of ether oxygens (including phenoxy) is 1. The molecule has 0 radical (unpaired) electrons. The Morgan fingerprint density at radius 3 is 2.09 bits per heavy atom. The molecule has 0 aromatic heterocycles. The Kier molecular flexibility index (Phi) is 13.8. The summed E-state index contributed by atoms with van der Waals surface area (Å²) in [5, 5.41) is 8.19. The molecule has 1 aromatic rings. The Morgan fingerprint density at radius 2 is 1.53 bits per heavy atom. The van der Waals surface area contributed by atoms with Gasteiger partial charge in [0.05, 0.1) is 5.92 Å². The number of esters is 1. The maximum absolute atomic E-state index is 12.9. The molecule has 11 nitrogen and oxygen atoms in total. The fourth-order valence-electron chi connectivity index (χ4n) is 4.60. The van der Waals surface area contributed by atoms with Gasteiger partial charge >= 0.3 is 5.97 Å². The van der Waals surface area contributed by atoms with Crippen molar-refractivity contribution < 1.29 is 33.5 Å². The van der Waals surface area contributed by atoms with Crippen molar-refractivity contribution in [3.63, 3.8) is 0 Å². The monoisotopic (exact) mass is 600 g/mol. The number of amides is 5. The number of rotatable bonds is 16. The van der Waals surface area contributed by atoms with Crippen molar-refractivity contribution in [2.24, 2.45) is 23.7 Å². The smallest absolute Gasteiger partial charge is 0.308 e. The Balaban J connectivity index is 1.76. The number of hydrogen-bond donors (Lipinski definition) is 3. The molecule has 1 unspecified atom stereocenters. The third-order valence-corrected chi connectivity index (χ3v) is 7.46. The van der Waals surface area contributed by atoms with E-state index in [1.807, 2.05) is 27.7 Å². The normalized spacial score (nSPS) is 16.4. The summed E-state index contributed by atoms with van der Waals surface area (Å²) < 4.78 is 5.20. The number of imide groups is 1. The van der Waals surface area contributed by atoms with Crippen LogP contribution in [0.2, 0.25) is 0 Å². The van der Waals surface area contributed by atoms with Crippen molar-refractivity contribution in [3.8, 4) is 0 Å². The van der Waals surface area contributed by atoms with E-state index < -0.39 is 23.9 Å². The number of unbranched alkanes of at least 4 members (excludes halogenated alkanes) is 2. The molecule has 1 aliphatic heterocycles. The molecular weight excluding hydrogens is 552 g/mol. The zero-order chi connectivity index (χ0) is 32.3. The van der Waals surface area contributed by atoms with Crippen LogP contribution in [-0.2, 0) is 40.1 Å².